The van der Waals surface area contributed by atoms with E-state index in [9.17, 15) is 2.74 Å². The highest BCUT2D eigenvalue weighted by atomic mass is 16.3. The zero-order chi connectivity index (χ0) is 67.3. The first-order chi connectivity index (χ1) is 44.9. The Morgan fingerprint density at radius 3 is 1.29 bits per heavy atom. The first-order valence-corrected chi connectivity index (χ1v) is 32.0. The second-order valence-electron chi connectivity index (χ2n) is 30.3. The SMILES string of the molecule is [2H]c1c([2H])c([2H])c(-c2ccc3c(c2)N(c2c(-c4ccccc4)cc(C(C)(C)C)cc2-c2ccccc2)c2cc(C(C)(C)C)cc4c2B3c2ccc(-c3cc(C(C)(C)C)cc(C(C)(C)C)c3)cc2N4c2c(-c3ccc(C(C)(C)C)cc3)ccc3oc4ccccc4c23)c([2H])c1[2H]. The van der Waals surface area contributed by atoms with E-state index in [4.69, 9.17) is 8.53 Å². The molecule has 0 atom stereocenters. The highest BCUT2D eigenvalue weighted by Crippen LogP contribution is 2.55. The van der Waals surface area contributed by atoms with Crippen LogP contribution in [-0.4, -0.2) is 6.71 Å². The van der Waals surface area contributed by atoms with Crippen LogP contribution >= 0.6 is 0 Å². The molecule has 0 saturated carbocycles. The average Bonchev–Trinajstić information content (AvgIpc) is 1.51. The fourth-order valence-corrected chi connectivity index (χ4v) is 13.7. The standard InChI is InChI=1S/C86H83BN2O/c1-82(2,3)61-39-35-57(36-40-61)66-41-44-77-78(67-33-25-26-34-76(67)90-77)81(66)89-73-48-59(60-45-62(83(4,5)6)49-63(46-60)84(7,8)9)38-43-71(73)87-70-42-37-58(54-27-19-16-20-28-54)47-72(70)88(74-52-65(86(13,14)15)53-75(89)79(74)87)80-68(55-29-21-17-22-30-55)50-64(85(10,11)12)51-69(80)56-31-23-18-24-32-56/h16-53H,1-15H3/i16D,19D,20D,27D,28D. The monoisotopic (exact) mass is 1180 g/mol. The fourth-order valence-electron chi connectivity index (χ4n) is 13.7. The molecule has 3 heterocycles. The van der Waals surface area contributed by atoms with E-state index in [1.54, 1.807) is 0 Å². The van der Waals surface area contributed by atoms with Gasteiger partial charge >= 0.3 is 0 Å². The number of rotatable bonds is 7. The summed E-state index contributed by atoms with van der Waals surface area (Å²) in [7, 11) is 0. The van der Waals surface area contributed by atoms with Crippen LogP contribution < -0.4 is 26.2 Å². The van der Waals surface area contributed by atoms with Gasteiger partial charge in [0.1, 0.15) is 11.2 Å². The van der Waals surface area contributed by atoms with E-state index in [-0.39, 0.29) is 58.1 Å². The van der Waals surface area contributed by atoms with Crippen molar-refractivity contribution in [2.45, 2.75) is 131 Å². The number of furan rings is 1. The number of benzene rings is 11. The largest absolute Gasteiger partial charge is 0.456 e. The third kappa shape index (κ3) is 10.2. The summed E-state index contributed by atoms with van der Waals surface area (Å²) in [5.41, 5.74) is 25.0. The Balaban J connectivity index is 1.20. The van der Waals surface area contributed by atoms with E-state index in [1.165, 1.54) is 22.3 Å². The number of fused-ring (bicyclic) bond motifs is 7. The Labute approximate surface area is 542 Å². The molecule has 0 amide bonds. The molecule has 12 aromatic rings. The van der Waals surface area contributed by atoms with Gasteiger partial charge in [0.25, 0.3) is 6.71 Å². The topological polar surface area (TPSA) is 19.6 Å². The molecule has 0 spiro atoms. The maximum absolute atomic E-state index is 9.53. The molecular formula is C86H83BN2O. The summed E-state index contributed by atoms with van der Waals surface area (Å²) in [6.07, 6.45) is 0. The first kappa shape index (κ1) is 52.8. The molecule has 0 saturated heterocycles. The first-order valence-electron chi connectivity index (χ1n) is 34.5. The molecule has 0 fully saturated rings. The van der Waals surface area contributed by atoms with Gasteiger partial charge in [-0.2, -0.15) is 0 Å². The number of nitrogens with zero attached hydrogens (tertiary/aromatic N) is 2. The van der Waals surface area contributed by atoms with Gasteiger partial charge in [0.15, 0.2) is 0 Å². The Morgan fingerprint density at radius 1 is 0.322 bits per heavy atom. The lowest BCUT2D eigenvalue weighted by molar-refractivity contribution is 0.569. The van der Waals surface area contributed by atoms with E-state index in [1.807, 2.05) is 6.07 Å². The molecule has 2 aliphatic heterocycles. The summed E-state index contributed by atoms with van der Waals surface area (Å²) in [5, 5.41) is 2.03. The van der Waals surface area contributed by atoms with Gasteiger partial charge in [-0.3, -0.25) is 0 Å². The zero-order valence-corrected chi connectivity index (χ0v) is 54.9. The summed E-state index contributed by atoms with van der Waals surface area (Å²) in [4.78, 5) is 5.08. The maximum Gasteiger partial charge on any atom is 0.252 e. The maximum atomic E-state index is 9.53. The molecular weight excluding hydrogens is 1090 g/mol. The van der Waals surface area contributed by atoms with Gasteiger partial charge in [0, 0.05) is 44.8 Å². The molecule has 1 aromatic heterocycles. The second-order valence-corrected chi connectivity index (χ2v) is 30.3. The van der Waals surface area contributed by atoms with Crippen LogP contribution in [0, 0.1) is 0 Å². The Bertz CT molecular complexity index is 4970. The van der Waals surface area contributed by atoms with Crippen molar-refractivity contribution < 1.29 is 11.3 Å². The van der Waals surface area contributed by atoms with Crippen LogP contribution in [0.3, 0.4) is 0 Å². The zero-order valence-electron chi connectivity index (χ0n) is 59.9. The van der Waals surface area contributed by atoms with E-state index in [0.717, 1.165) is 123 Å². The third-order valence-corrected chi connectivity index (χ3v) is 18.9. The second kappa shape index (κ2) is 21.3. The minimum absolute atomic E-state index is 0.0711. The van der Waals surface area contributed by atoms with Gasteiger partial charge in [-0.05, 0) is 165 Å². The van der Waals surface area contributed by atoms with Gasteiger partial charge in [0.2, 0.25) is 0 Å². The summed E-state index contributed by atoms with van der Waals surface area (Å²) in [6.45, 7) is 34.0. The normalized spacial score (nSPS) is 14.2. The molecule has 4 heteroatoms. The quantitative estimate of drug-likeness (QED) is 0.148. The highest BCUT2D eigenvalue weighted by Gasteiger charge is 2.46. The summed E-state index contributed by atoms with van der Waals surface area (Å²) in [5.74, 6) is 0. The number of hydrogen-bond acceptors (Lipinski definition) is 3. The van der Waals surface area contributed by atoms with Crippen LogP contribution in [0.25, 0.3) is 77.6 Å². The molecule has 11 aromatic carbocycles. The minimum Gasteiger partial charge on any atom is -0.456 e. The Hall–Kier alpha value is -9.12. The molecule has 14 rings (SSSR count). The molecule has 0 N–H and O–H groups in total. The summed E-state index contributed by atoms with van der Waals surface area (Å²) < 4.78 is 52.9. The molecule has 2 aliphatic rings. The van der Waals surface area contributed by atoms with E-state index in [0.29, 0.717) is 5.56 Å². The lowest BCUT2D eigenvalue weighted by Crippen LogP contribution is -2.61. The number of hydrogen-bond donors (Lipinski definition) is 0. The number of anilines is 6. The van der Waals surface area contributed by atoms with Crippen molar-refractivity contribution in [1.29, 1.82) is 0 Å². The molecule has 3 nitrogen and oxygen atoms in total. The fraction of sp³-hybridized carbons (Fsp3) is 0.233. The van der Waals surface area contributed by atoms with Crippen LogP contribution in [0.1, 0.15) is 139 Å². The van der Waals surface area contributed by atoms with Gasteiger partial charge < -0.3 is 14.2 Å². The lowest BCUT2D eigenvalue weighted by Gasteiger charge is -2.46. The van der Waals surface area contributed by atoms with Crippen LogP contribution in [0.15, 0.2) is 235 Å². The Morgan fingerprint density at radius 2 is 0.767 bits per heavy atom. The molecule has 0 aliphatic carbocycles. The summed E-state index contributed by atoms with van der Waals surface area (Å²) >= 11 is 0. The highest BCUT2D eigenvalue weighted by molar-refractivity contribution is 7.00. The molecule has 0 bridgehead atoms. The van der Waals surface area contributed by atoms with Crippen molar-refractivity contribution in [3.63, 3.8) is 0 Å². The van der Waals surface area contributed by atoms with Crippen molar-refractivity contribution in [1.82, 2.24) is 0 Å². The predicted molar refractivity (Wildman–Crippen MR) is 388 cm³/mol. The predicted octanol–water partition coefficient (Wildman–Crippen LogP) is 22.5. The lowest BCUT2D eigenvalue weighted by atomic mass is 9.33. The molecule has 90 heavy (non-hydrogen) atoms. The van der Waals surface area contributed by atoms with Crippen molar-refractivity contribution >= 4 is 79.2 Å². The summed E-state index contributed by atoms with van der Waals surface area (Å²) in [6, 6.07) is 72.1. The molecule has 0 unspecified atom stereocenters. The Kier molecular flexibility index (Phi) is 12.5. The van der Waals surface area contributed by atoms with Crippen molar-refractivity contribution in [3.8, 4) is 55.6 Å². The van der Waals surface area contributed by atoms with Gasteiger partial charge in [-0.15, -0.1) is 0 Å². The van der Waals surface area contributed by atoms with E-state index in [2.05, 4.69) is 308 Å². The van der Waals surface area contributed by atoms with Crippen LogP contribution in [0.4, 0.5) is 34.1 Å². The van der Waals surface area contributed by atoms with Crippen LogP contribution in [-0.2, 0) is 27.1 Å². The van der Waals surface area contributed by atoms with Crippen molar-refractivity contribution in [2.24, 2.45) is 0 Å². The average molecular weight is 1180 g/mol. The number of para-hydroxylation sites is 1. The molecule has 446 valence electrons. The smallest absolute Gasteiger partial charge is 0.252 e. The van der Waals surface area contributed by atoms with Gasteiger partial charge in [-0.1, -0.05) is 280 Å². The van der Waals surface area contributed by atoms with Gasteiger partial charge in [0.05, 0.1) is 23.6 Å². The van der Waals surface area contributed by atoms with E-state index >= 15 is 0 Å². The van der Waals surface area contributed by atoms with Crippen molar-refractivity contribution in [2.75, 3.05) is 9.80 Å². The van der Waals surface area contributed by atoms with Crippen LogP contribution in [0.2, 0.25) is 0 Å². The third-order valence-electron chi connectivity index (χ3n) is 18.9. The van der Waals surface area contributed by atoms with E-state index < -0.39 is 11.5 Å². The van der Waals surface area contributed by atoms with Crippen LogP contribution in [0.5, 0.6) is 0 Å². The molecule has 0 radical (unpaired) electrons. The van der Waals surface area contributed by atoms with Crippen molar-refractivity contribution in [3.05, 3.63) is 258 Å². The minimum atomic E-state index is -0.426. The van der Waals surface area contributed by atoms with Gasteiger partial charge in [-0.25, -0.2) is 0 Å².